The van der Waals surface area contributed by atoms with Crippen molar-refractivity contribution in [3.63, 3.8) is 0 Å². The molecule has 0 amide bonds. The highest BCUT2D eigenvalue weighted by Gasteiger charge is 2.24. The van der Waals surface area contributed by atoms with Gasteiger partial charge >= 0.3 is 0 Å². The molecule has 0 bridgehead atoms. The molecule has 1 unspecified atom stereocenters. The van der Waals surface area contributed by atoms with Gasteiger partial charge in [-0.25, -0.2) is 8.42 Å². The topological polar surface area (TPSA) is 43.4 Å². The Labute approximate surface area is 100 Å². The summed E-state index contributed by atoms with van der Waals surface area (Å²) < 4.78 is 26.9. The van der Waals surface area contributed by atoms with Crippen molar-refractivity contribution in [2.45, 2.75) is 19.3 Å². The maximum absolute atomic E-state index is 10.9. The highest BCUT2D eigenvalue weighted by molar-refractivity contribution is 7.72. The molecule has 0 aromatic heterocycles. The second-order valence-electron chi connectivity index (χ2n) is 4.33. The maximum atomic E-state index is 10.9. The number of methoxy groups -OCH3 is 1. The minimum atomic E-state index is -2.39. The van der Waals surface area contributed by atoms with E-state index in [4.69, 9.17) is 4.74 Å². The van der Waals surface area contributed by atoms with Crippen LogP contribution in [0.3, 0.4) is 0 Å². The van der Waals surface area contributed by atoms with Crippen molar-refractivity contribution in [2.75, 3.05) is 12.9 Å². The van der Waals surface area contributed by atoms with Gasteiger partial charge in [-0.2, -0.15) is 0 Å². The van der Waals surface area contributed by atoms with Gasteiger partial charge in [0.25, 0.3) is 0 Å². The van der Waals surface area contributed by atoms with Gasteiger partial charge in [0.05, 0.1) is 12.9 Å². The summed E-state index contributed by atoms with van der Waals surface area (Å²) >= 11 is 0. The fourth-order valence-corrected chi connectivity index (χ4v) is 3.04. The highest BCUT2D eigenvalue weighted by atomic mass is 32.2. The third-order valence-corrected chi connectivity index (χ3v) is 4.07. The predicted molar refractivity (Wildman–Crippen MR) is 70.5 cm³/mol. The molecule has 0 saturated carbocycles. The molecule has 0 aliphatic carbocycles. The molecule has 1 aromatic carbocycles. The minimum Gasteiger partial charge on any atom is -0.497 e. The molecule has 0 aliphatic heterocycles. The highest BCUT2D eigenvalue weighted by Crippen LogP contribution is 2.26. The third-order valence-electron chi connectivity index (χ3n) is 2.51. The molecule has 1 rings (SSSR count). The molecule has 0 radical (unpaired) electrons. The van der Waals surface area contributed by atoms with Crippen LogP contribution in [0.5, 0.6) is 5.75 Å². The number of benzene rings is 1. The van der Waals surface area contributed by atoms with Crippen molar-refractivity contribution in [3.8, 4) is 5.75 Å². The molecule has 0 N–H and O–H groups in total. The largest absolute Gasteiger partial charge is 0.497 e. The van der Waals surface area contributed by atoms with Gasteiger partial charge in [-0.1, -0.05) is 19.9 Å². The van der Waals surface area contributed by atoms with E-state index in [1.54, 1.807) is 7.11 Å². The molecule has 0 saturated heterocycles. The lowest BCUT2D eigenvalue weighted by Crippen LogP contribution is -2.27. The Kier molecular flexibility index (Phi) is 4.34. The number of rotatable bonds is 4. The fraction of sp³-hybridized carbons (Fsp3) is 0.455. The molecule has 0 fully saturated rings. The second kappa shape index (κ2) is 5.15. The molecule has 16 heavy (non-hydrogen) atoms. The van der Waals surface area contributed by atoms with Gasteiger partial charge in [0, 0.05) is 5.41 Å². The monoisotopic (exact) mass is 260 g/mol. The SMILES string of the molecule is COc1ccc(P)c(C(C)(C)C[SH](=O)=O)c1. The zero-order chi connectivity index (χ0) is 12.3. The van der Waals surface area contributed by atoms with E-state index in [9.17, 15) is 8.42 Å². The first kappa shape index (κ1) is 13.5. The quantitative estimate of drug-likeness (QED) is 0.651. The van der Waals surface area contributed by atoms with Crippen LogP contribution in [-0.2, 0) is 16.1 Å². The van der Waals surface area contributed by atoms with Gasteiger partial charge in [-0.15, -0.1) is 9.24 Å². The number of ether oxygens (including phenoxy) is 1. The molecule has 1 aromatic rings. The van der Waals surface area contributed by atoms with Crippen LogP contribution >= 0.6 is 9.24 Å². The van der Waals surface area contributed by atoms with E-state index in [1.165, 1.54) is 0 Å². The first-order chi connectivity index (χ1) is 7.36. The summed E-state index contributed by atoms with van der Waals surface area (Å²) in [5, 5.41) is 1.00. The minimum absolute atomic E-state index is 0.136. The van der Waals surface area contributed by atoms with E-state index in [2.05, 4.69) is 9.24 Å². The lowest BCUT2D eigenvalue weighted by atomic mass is 9.86. The Hall–Kier alpha value is -0.600. The van der Waals surface area contributed by atoms with Crippen LogP contribution in [0.15, 0.2) is 18.2 Å². The van der Waals surface area contributed by atoms with Gasteiger partial charge < -0.3 is 4.74 Å². The Morgan fingerprint density at radius 1 is 1.38 bits per heavy atom. The summed E-state index contributed by atoms with van der Waals surface area (Å²) in [6.45, 7) is 3.83. The van der Waals surface area contributed by atoms with Crippen LogP contribution in [0.25, 0.3) is 0 Å². The zero-order valence-corrected chi connectivity index (χ0v) is 11.7. The van der Waals surface area contributed by atoms with Crippen molar-refractivity contribution in [1.82, 2.24) is 0 Å². The Bertz CT molecular complexity index is 445. The van der Waals surface area contributed by atoms with E-state index in [0.717, 1.165) is 16.6 Å². The van der Waals surface area contributed by atoms with Gasteiger partial charge in [0.2, 0.25) is 0 Å². The summed E-state index contributed by atoms with van der Waals surface area (Å²) in [6, 6.07) is 5.67. The molecule has 3 nitrogen and oxygen atoms in total. The van der Waals surface area contributed by atoms with Gasteiger partial charge in [-0.3, -0.25) is 0 Å². The standard InChI is InChI=1S/C11H17O3PS/c1-11(2,7-16(12)13)9-6-8(14-3)4-5-10(9)15/h4-6,16H,7,15H2,1-3H3. The number of hydrogen-bond acceptors (Lipinski definition) is 3. The lowest BCUT2D eigenvalue weighted by molar-refractivity contribution is 0.413. The van der Waals surface area contributed by atoms with E-state index in [1.807, 2.05) is 32.0 Å². The molecular formula is C11H17O3PS. The Morgan fingerprint density at radius 3 is 2.50 bits per heavy atom. The van der Waals surface area contributed by atoms with Crippen molar-refractivity contribution < 1.29 is 13.2 Å². The van der Waals surface area contributed by atoms with E-state index < -0.39 is 16.1 Å². The van der Waals surface area contributed by atoms with E-state index in [-0.39, 0.29) is 5.75 Å². The second-order valence-corrected chi connectivity index (χ2v) is 5.93. The maximum Gasteiger partial charge on any atom is 0.141 e. The van der Waals surface area contributed by atoms with Crippen molar-refractivity contribution in [1.29, 1.82) is 0 Å². The first-order valence-electron chi connectivity index (χ1n) is 4.92. The normalized spacial score (nSPS) is 11.8. The lowest BCUT2D eigenvalue weighted by Gasteiger charge is -2.24. The third kappa shape index (κ3) is 3.19. The Balaban J connectivity index is 3.19. The van der Waals surface area contributed by atoms with Crippen molar-refractivity contribution in [3.05, 3.63) is 23.8 Å². The zero-order valence-electron chi connectivity index (χ0n) is 9.69. The van der Waals surface area contributed by atoms with Gasteiger partial charge in [-0.05, 0) is 23.0 Å². The van der Waals surface area contributed by atoms with Crippen LogP contribution in [-0.4, -0.2) is 21.3 Å². The van der Waals surface area contributed by atoms with Gasteiger partial charge in [0.1, 0.15) is 16.5 Å². The predicted octanol–water partition coefficient (Wildman–Crippen LogP) is 1.08. The van der Waals surface area contributed by atoms with E-state index >= 15 is 0 Å². The van der Waals surface area contributed by atoms with Crippen LogP contribution in [0.4, 0.5) is 0 Å². The summed E-state index contributed by atoms with van der Waals surface area (Å²) in [5.41, 5.74) is 0.580. The summed E-state index contributed by atoms with van der Waals surface area (Å²) in [6.07, 6.45) is 0. The van der Waals surface area contributed by atoms with Crippen molar-refractivity contribution in [2.24, 2.45) is 0 Å². The molecule has 5 heteroatoms. The average molecular weight is 260 g/mol. The molecule has 0 spiro atoms. The summed E-state index contributed by atoms with van der Waals surface area (Å²) in [7, 11) is 1.84. The molecule has 0 aliphatic rings. The number of hydrogen-bond donors (Lipinski definition) is 1. The molecular weight excluding hydrogens is 243 g/mol. The van der Waals surface area contributed by atoms with Crippen LogP contribution < -0.4 is 10.0 Å². The molecule has 0 heterocycles. The van der Waals surface area contributed by atoms with E-state index in [0.29, 0.717) is 0 Å². The summed E-state index contributed by atoms with van der Waals surface area (Å²) in [4.78, 5) is 0. The fourth-order valence-electron chi connectivity index (χ4n) is 1.66. The average Bonchev–Trinajstić information content (AvgIpc) is 2.16. The molecule has 1 atom stereocenters. The van der Waals surface area contributed by atoms with Crippen molar-refractivity contribution >= 4 is 25.2 Å². The Morgan fingerprint density at radius 2 is 2.00 bits per heavy atom. The van der Waals surface area contributed by atoms with Crippen LogP contribution in [0.2, 0.25) is 0 Å². The smallest absolute Gasteiger partial charge is 0.141 e. The van der Waals surface area contributed by atoms with Crippen LogP contribution in [0, 0.1) is 0 Å². The summed E-state index contributed by atoms with van der Waals surface area (Å²) in [5.74, 6) is 0.882. The van der Waals surface area contributed by atoms with Gasteiger partial charge in [0.15, 0.2) is 0 Å². The first-order valence-corrected chi connectivity index (χ1v) is 6.86. The van der Waals surface area contributed by atoms with Crippen LogP contribution in [0.1, 0.15) is 19.4 Å². The molecule has 90 valence electrons. The number of thiol groups is 1.